The van der Waals surface area contributed by atoms with Crippen molar-refractivity contribution in [1.82, 2.24) is 19.9 Å². The summed E-state index contributed by atoms with van der Waals surface area (Å²) in [5.41, 5.74) is 6.45. The molecular formula is C45H48N6O9. The molecule has 8 rings (SSSR count). The standard InChI is InChI=1S/C45H48N6O9/c1-5-57-40-19-27-29-17-25(7-9-33(29)50-43(31(27)21-38(40)55-3)35-23-46-13-15-48-35)59-42(53)12-11-37(52)45(54)60-26-8-10-34-30(18-26)28-20-41(58-6-2)39(56-4)22-32(28)44(51-34)36-24-47-14-16-49-36/h13-16,19-26,29-30,33-34H,5-12,17-18H2,1-4H3/t25-,26-,29-,30-,33-,34-/m1/s1. The molecule has 15 heteroatoms. The highest BCUT2D eigenvalue weighted by Crippen LogP contribution is 2.47. The summed E-state index contributed by atoms with van der Waals surface area (Å²) in [6.07, 6.45) is 11.9. The van der Waals surface area contributed by atoms with Crippen molar-refractivity contribution in [2.24, 2.45) is 9.98 Å². The van der Waals surface area contributed by atoms with E-state index in [1.54, 1.807) is 51.4 Å². The van der Waals surface area contributed by atoms with E-state index < -0.39 is 29.9 Å². The molecule has 2 aromatic heterocycles. The lowest BCUT2D eigenvalue weighted by Crippen LogP contribution is -2.37. The third kappa shape index (κ3) is 8.30. The zero-order valence-electron chi connectivity index (χ0n) is 34.2. The van der Waals surface area contributed by atoms with Gasteiger partial charge in [-0.15, -0.1) is 0 Å². The SMILES string of the molecule is CCOc1cc2c(cc1OC)C(c1cnccn1)=N[C@@H]1CC[C@@H](OC(=O)CCC(=O)C(=O)O[C@@H]3CC[C@H]4N=C(c5cnccn5)c5cc(OC)c(OCC)cc5[C@H]4C3)C[C@H]21. The number of carbonyl (C=O) groups excluding carboxylic acids is 3. The Balaban J connectivity index is 0.896. The van der Waals surface area contributed by atoms with Crippen molar-refractivity contribution in [3.63, 3.8) is 0 Å². The van der Waals surface area contributed by atoms with E-state index >= 15 is 0 Å². The predicted octanol–water partition coefficient (Wildman–Crippen LogP) is 5.93. The molecular weight excluding hydrogens is 769 g/mol. The Morgan fingerprint density at radius 2 is 1.12 bits per heavy atom. The van der Waals surface area contributed by atoms with Crippen LogP contribution in [0.2, 0.25) is 0 Å². The third-order valence-corrected chi connectivity index (χ3v) is 11.7. The Hall–Kier alpha value is -6.25. The normalized spacial score (nSPS) is 22.6. The Morgan fingerprint density at radius 1 is 0.617 bits per heavy atom. The van der Waals surface area contributed by atoms with Crippen LogP contribution in [-0.4, -0.2) is 101 Å². The minimum absolute atomic E-state index is 0.0583. The quantitative estimate of drug-likeness (QED) is 0.108. The first-order valence-corrected chi connectivity index (χ1v) is 20.6. The molecule has 0 unspecified atom stereocenters. The number of rotatable bonds is 14. The Kier molecular flexibility index (Phi) is 12.1. The summed E-state index contributed by atoms with van der Waals surface area (Å²) in [6.45, 7) is 4.74. The Bertz CT molecular complexity index is 2300. The fraction of sp³-hybridized carbons (Fsp3) is 0.444. The number of carbonyl (C=O) groups is 3. The summed E-state index contributed by atoms with van der Waals surface area (Å²) in [6, 6.07) is 7.63. The summed E-state index contributed by atoms with van der Waals surface area (Å²) < 4.78 is 34.9. The van der Waals surface area contributed by atoms with E-state index in [1.165, 1.54) is 0 Å². The number of methoxy groups -OCH3 is 2. The molecule has 312 valence electrons. The van der Waals surface area contributed by atoms with Crippen molar-refractivity contribution in [2.45, 2.75) is 101 Å². The van der Waals surface area contributed by atoms with E-state index in [0.29, 0.717) is 91.8 Å². The number of aliphatic imine (C=N–C) groups is 2. The van der Waals surface area contributed by atoms with Gasteiger partial charge < -0.3 is 28.4 Å². The van der Waals surface area contributed by atoms with Crippen LogP contribution in [-0.2, 0) is 23.9 Å². The van der Waals surface area contributed by atoms with Gasteiger partial charge in [0.25, 0.3) is 0 Å². The molecule has 4 aliphatic rings. The van der Waals surface area contributed by atoms with E-state index in [0.717, 1.165) is 28.0 Å². The largest absolute Gasteiger partial charge is 0.493 e. The number of aromatic nitrogens is 4. The molecule has 0 radical (unpaired) electrons. The summed E-state index contributed by atoms with van der Waals surface area (Å²) >= 11 is 0. The Labute approximate surface area is 348 Å². The van der Waals surface area contributed by atoms with Gasteiger partial charge in [0.15, 0.2) is 23.0 Å². The van der Waals surface area contributed by atoms with Crippen LogP contribution in [0.1, 0.15) is 111 Å². The van der Waals surface area contributed by atoms with Crippen LogP contribution in [0.5, 0.6) is 23.0 Å². The number of hydrogen-bond donors (Lipinski definition) is 0. The third-order valence-electron chi connectivity index (χ3n) is 11.7. The second kappa shape index (κ2) is 17.9. The van der Waals surface area contributed by atoms with Crippen molar-refractivity contribution >= 4 is 29.1 Å². The zero-order valence-corrected chi connectivity index (χ0v) is 34.2. The molecule has 15 nitrogen and oxygen atoms in total. The van der Waals surface area contributed by atoms with Crippen molar-refractivity contribution in [3.8, 4) is 23.0 Å². The molecule has 2 aliphatic heterocycles. The smallest absolute Gasteiger partial charge is 0.374 e. The predicted molar refractivity (Wildman–Crippen MR) is 218 cm³/mol. The van der Waals surface area contributed by atoms with Crippen LogP contribution in [0.4, 0.5) is 0 Å². The van der Waals surface area contributed by atoms with Gasteiger partial charge in [-0.05, 0) is 87.8 Å². The molecule has 4 aromatic rings. The van der Waals surface area contributed by atoms with Gasteiger partial charge in [0, 0.05) is 54.2 Å². The monoisotopic (exact) mass is 816 g/mol. The van der Waals surface area contributed by atoms with Crippen LogP contribution >= 0.6 is 0 Å². The fourth-order valence-corrected chi connectivity index (χ4v) is 8.96. The number of ether oxygens (including phenoxy) is 6. The number of fused-ring (bicyclic) bond motifs is 6. The van der Waals surface area contributed by atoms with Gasteiger partial charge in [0.1, 0.15) is 23.6 Å². The van der Waals surface area contributed by atoms with Gasteiger partial charge in [0.2, 0.25) is 5.78 Å². The summed E-state index contributed by atoms with van der Waals surface area (Å²) in [5, 5.41) is 0. The van der Waals surface area contributed by atoms with Crippen LogP contribution in [0.15, 0.2) is 71.4 Å². The molecule has 0 N–H and O–H groups in total. The maximum absolute atomic E-state index is 13.2. The number of Topliss-reactive ketones (excluding diaryl/α,β-unsaturated/α-hetero) is 1. The topological polar surface area (TPSA) is 183 Å². The second-order valence-corrected chi connectivity index (χ2v) is 15.2. The summed E-state index contributed by atoms with van der Waals surface area (Å²) in [4.78, 5) is 67.2. The molecule has 0 amide bonds. The van der Waals surface area contributed by atoms with E-state index in [1.807, 2.05) is 38.1 Å². The molecule has 2 aromatic carbocycles. The highest BCUT2D eigenvalue weighted by atomic mass is 16.6. The van der Waals surface area contributed by atoms with Crippen LogP contribution in [0, 0.1) is 0 Å². The number of hydrogen-bond acceptors (Lipinski definition) is 15. The van der Waals surface area contributed by atoms with E-state index in [2.05, 4.69) is 19.9 Å². The lowest BCUT2D eigenvalue weighted by atomic mass is 9.74. The van der Waals surface area contributed by atoms with Gasteiger partial charge in [-0.1, -0.05) is 0 Å². The fourth-order valence-electron chi connectivity index (χ4n) is 8.96. The molecule has 6 atom stereocenters. The average molecular weight is 817 g/mol. The minimum atomic E-state index is -0.951. The molecule has 60 heavy (non-hydrogen) atoms. The van der Waals surface area contributed by atoms with Gasteiger partial charge in [-0.2, -0.15) is 0 Å². The first-order chi connectivity index (χ1) is 29.3. The van der Waals surface area contributed by atoms with Crippen LogP contribution in [0.25, 0.3) is 0 Å². The Morgan fingerprint density at radius 3 is 1.57 bits per heavy atom. The number of nitrogens with zero attached hydrogens (tertiary/aromatic N) is 6. The molecule has 0 spiro atoms. The average Bonchev–Trinajstić information content (AvgIpc) is 3.28. The van der Waals surface area contributed by atoms with Crippen molar-refractivity contribution in [2.75, 3.05) is 27.4 Å². The highest BCUT2D eigenvalue weighted by Gasteiger charge is 2.41. The van der Waals surface area contributed by atoms with Crippen molar-refractivity contribution in [3.05, 3.63) is 95.1 Å². The lowest BCUT2D eigenvalue weighted by Gasteiger charge is -2.38. The van der Waals surface area contributed by atoms with Gasteiger partial charge in [0.05, 0.1) is 69.8 Å². The zero-order chi connectivity index (χ0) is 41.8. The number of ketones is 1. The molecule has 4 heterocycles. The van der Waals surface area contributed by atoms with E-state index in [-0.39, 0.29) is 36.8 Å². The van der Waals surface area contributed by atoms with Gasteiger partial charge in [-0.25, -0.2) is 4.79 Å². The maximum atomic E-state index is 13.2. The number of esters is 2. The second-order valence-electron chi connectivity index (χ2n) is 15.2. The van der Waals surface area contributed by atoms with Gasteiger partial charge in [-0.3, -0.25) is 39.5 Å². The van der Waals surface area contributed by atoms with Crippen molar-refractivity contribution < 1.29 is 42.8 Å². The molecule has 2 saturated carbocycles. The van der Waals surface area contributed by atoms with E-state index in [4.69, 9.17) is 38.4 Å². The number of benzene rings is 2. The summed E-state index contributed by atoms with van der Waals surface area (Å²) in [7, 11) is 3.19. The van der Waals surface area contributed by atoms with Crippen molar-refractivity contribution in [1.29, 1.82) is 0 Å². The maximum Gasteiger partial charge on any atom is 0.374 e. The molecule has 2 fully saturated rings. The van der Waals surface area contributed by atoms with Gasteiger partial charge >= 0.3 is 11.9 Å². The highest BCUT2D eigenvalue weighted by molar-refractivity contribution is 6.33. The first kappa shape index (κ1) is 40.5. The van der Waals surface area contributed by atoms with Crippen LogP contribution in [0.3, 0.4) is 0 Å². The minimum Gasteiger partial charge on any atom is -0.493 e. The van der Waals surface area contributed by atoms with E-state index in [9.17, 15) is 14.4 Å². The molecule has 0 bridgehead atoms. The first-order valence-electron chi connectivity index (χ1n) is 20.6. The molecule has 0 saturated heterocycles. The molecule has 2 aliphatic carbocycles. The van der Waals surface area contributed by atoms with Crippen LogP contribution < -0.4 is 18.9 Å². The lowest BCUT2D eigenvalue weighted by molar-refractivity contribution is -0.160. The summed E-state index contributed by atoms with van der Waals surface area (Å²) in [5.74, 6) is -0.0446.